The monoisotopic (exact) mass is 289 g/mol. The van der Waals surface area contributed by atoms with Gasteiger partial charge in [-0.05, 0) is 24.3 Å². The Labute approximate surface area is 123 Å². The Balaban J connectivity index is 1.69. The molecule has 1 aromatic carbocycles. The van der Waals surface area contributed by atoms with Gasteiger partial charge in [-0.2, -0.15) is 5.10 Å². The number of amidine groups is 1. The quantitative estimate of drug-likeness (QED) is 0.229. The molecule has 2 rings (SSSR count). The summed E-state index contributed by atoms with van der Waals surface area (Å²) in [5.41, 5.74) is 7.28. The van der Waals surface area contributed by atoms with Crippen molar-refractivity contribution >= 4 is 5.84 Å². The second-order valence-corrected chi connectivity index (χ2v) is 4.56. The number of oxime groups is 1. The molecule has 112 valence electrons. The predicted octanol–water partition coefficient (Wildman–Crippen LogP) is 0.683. The lowest BCUT2D eigenvalue weighted by Crippen LogP contribution is -2.20. The van der Waals surface area contributed by atoms with Gasteiger partial charge >= 0.3 is 0 Å². The van der Waals surface area contributed by atoms with Crippen LogP contribution in [0, 0.1) is 0 Å². The molecular formula is C14H19N5O2. The van der Waals surface area contributed by atoms with Crippen molar-refractivity contribution in [3.63, 3.8) is 0 Å². The summed E-state index contributed by atoms with van der Waals surface area (Å²) in [5.74, 6) is 0.826. The zero-order valence-corrected chi connectivity index (χ0v) is 11.9. The molecule has 4 N–H and O–H groups in total. The van der Waals surface area contributed by atoms with Crippen LogP contribution in [0.2, 0.25) is 0 Å². The van der Waals surface area contributed by atoms with Gasteiger partial charge in [0.25, 0.3) is 0 Å². The van der Waals surface area contributed by atoms with E-state index in [2.05, 4.69) is 15.6 Å². The van der Waals surface area contributed by atoms with Crippen LogP contribution in [0.1, 0.15) is 11.1 Å². The molecule has 0 fully saturated rings. The van der Waals surface area contributed by atoms with E-state index in [1.54, 1.807) is 28.9 Å². The Morgan fingerprint density at radius 1 is 1.43 bits per heavy atom. The van der Waals surface area contributed by atoms with E-state index in [0.29, 0.717) is 12.2 Å². The first kappa shape index (κ1) is 14.9. The number of aryl methyl sites for hydroxylation is 1. The summed E-state index contributed by atoms with van der Waals surface area (Å²) in [4.78, 5) is 0. The topological polar surface area (TPSA) is 97.7 Å². The number of nitrogens with zero attached hydrogens (tertiary/aromatic N) is 3. The van der Waals surface area contributed by atoms with Gasteiger partial charge in [-0.1, -0.05) is 5.16 Å². The zero-order valence-electron chi connectivity index (χ0n) is 11.9. The maximum absolute atomic E-state index is 8.57. The van der Waals surface area contributed by atoms with Gasteiger partial charge in [0.1, 0.15) is 12.4 Å². The molecule has 0 aliphatic rings. The summed E-state index contributed by atoms with van der Waals surface area (Å²) in [6.45, 7) is 2.06. The average molecular weight is 289 g/mol. The summed E-state index contributed by atoms with van der Waals surface area (Å²) in [5, 5.41) is 18.9. The van der Waals surface area contributed by atoms with Gasteiger partial charge in [0.15, 0.2) is 5.84 Å². The van der Waals surface area contributed by atoms with Crippen LogP contribution in [-0.4, -0.2) is 34.0 Å². The maximum atomic E-state index is 8.57. The summed E-state index contributed by atoms with van der Waals surface area (Å²) in [6, 6.07) is 7.06. The molecule has 2 aromatic rings. The van der Waals surface area contributed by atoms with Crippen molar-refractivity contribution in [2.75, 3.05) is 13.2 Å². The first-order chi connectivity index (χ1) is 10.2. The van der Waals surface area contributed by atoms with Crippen LogP contribution in [0.4, 0.5) is 0 Å². The van der Waals surface area contributed by atoms with E-state index in [0.717, 1.165) is 24.4 Å². The Kier molecular flexibility index (Phi) is 5.16. The Morgan fingerprint density at radius 3 is 2.81 bits per heavy atom. The number of ether oxygens (including phenoxy) is 1. The molecule has 0 spiro atoms. The van der Waals surface area contributed by atoms with Gasteiger partial charge in [0.05, 0.1) is 6.20 Å². The van der Waals surface area contributed by atoms with Gasteiger partial charge in [0.2, 0.25) is 0 Å². The Morgan fingerprint density at radius 2 is 2.19 bits per heavy atom. The lowest BCUT2D eigenvalue weighted by Gasteiger charge is -2.07. The van der Waals surface area contributed by atoms with Crippen LogP contribution < -0.4 is 15.8 Å². The number of hydrogen-bond acceptors (Lipinski definition) is 5. The van der Waals surface area contributed by atoms with E-state index >= 15 is 0 Å². The Bertz CT molecular complexity index is 592. The third-order valence-corrected chi connectivity index (χ3v) is 2.89. The fourth-order valence-corrected chi connectivity index (χ4v) is 1.82. The van der Waals surface area contributed by atoms with Crippen LogP contribution in [0.3, 0.4) is 0 Å². The number of nitrogens with two attached hydrogens (primary N) is 1. The lowest BCUT2D eigenvalue weighted by molar-refractivity contribution is 0.313. The molecule has 0 bridgehead atoms. The SMILES string of the molecule is Cn1cc(CNCCOc2ccc(C(N)=NO)cc2)cn1. The van der Waals surface area contributed by atoms with E-state index in [1.165, 1.54) is 0 Å². The minimum Gasteiger partial charge on any atom is -0.492 e. The second-order valence-electron chi connectivity index (χ2n) is 4.56. The van der Waals surface area contributed by atoms with Crippen molar-refractivity contribution in [1.82, 2.24) is 15.1 Å². The summed E-state index contributed by atoms with van der Waals surface area (Å²) >= 11 is 0. The van der Waals surface area contributed by atoms with Crippen molar-refractivity contribution in [2.24, 2.45) is 17.9 Å². The number of nitrogens with one attached hydrogen (secondary N) is 1. The highest BCUT2D eigenvalue weighted by molar-refractivity contribution is 5.97. The molecule has 0 saturated carbocycles. The molecule has 0 aliphatic carbocycles. The Hall–Kier alpha value is -2.54. The minimum atomic E-state index is 0.0830. The average Bonchev–Trinajstić information content (AvgIpc) is 2.92. The van der Waals surface area contributed by atoms with E-state index in [9.17, 15) is 0 Å². The predicted molar refractivity (Wildman–Crippen MR) is 79.4 cm³/mol. The maximum Gasteiger partial charge on any atom is 0.170 e. The molecule has 0 atom stereocenters. The summed E-state index contributed by atoms with van der Waals surface area (Å²) in [7, 11) is 1.89. The number of hydrogen-bond donors (Lipinski definition) is 3. The standard InChI is InChI=1S/C14H19N5O2/c1-19-10-11(9-17-19)8-16-6-7-21-13-4-2-12(3-5-13)14(15)18-20/h2-5,9-10,16,20H,6-8H2,1H3,(H2,15,18). The molecule has 0 radical (unpaired) electrons. The van der Waals surface area contributed by atoms with E-state index < -0.39 is 0 Å². The highest BCUT2D eigenvalue weighted by Gasteiger charge is 2.00. The molecule has 1 heterocycles. The summed E-state index contributed by atoms with van der Waals surface area (Å²) in [6.07, 6.45) is 3.80. The van der Waals surface area contributed by atoms with Gasteiger partial charge < -0.3 is 21.0 Å². The third kappa shape index (κ3) is 4.50. The molecule has 1 aromatic heterocycles. The normalized spacial score (nSPS) is 11.6. The van der Waals surface area contributed by atoms with E-state index in [4.69, 9.17) is 15.7 Å². The first-order valence-electron chi connectivity index (χ1n) is 6.58. The van der Waals surface area contributed by atoms with Crippen LogP contribution in [0.25, 0.3) is 0 Å². The highest BCUT2D eigenvalue weighted by atomic mass is 16.5. The van der Waals surface area contributed by atoms with Crippen LogP contribution >= 0.6 is 0 Å². The minimum absolute atomic E-state index is 0.0830. The molecule has 0 aliphatic heterocycles. The van der Waals surface area contributed by atoms with E-state index in [-0.39, 0.29) is 5.84 Å². The fraction of sp³-hybridized carbons (Fsp3) is 0.286. The molecule has 0 saturated heterocycles. The second kappa shape index (κ2) is 7.30. The molecular weight excluding hydrogens is 270 g/mol. The highest BCUT2D eigenvalue weighted by Crippen LogP contribution is 2.11. The van der Waals surface area contributed by atoms with Crippen molar-refractivity contribution in [3.8, 4) is 5.75 Å². The smallest absolute Gasteiger partial charge is 0.170 e. The first-order valence-corrected chi connectivity index (χ1v) is 6.58. The number of rotatable bonds is 7. The fourth-order valence-electron chi connectivity index (χ4n) is 1.82. The van der Waals surface area contributed by atoms with Crippen LogP contribution in [0.15, 0.2) is 41.8 Å². The van der Waals surface area contributed by atoms with Gasteiger partial charge in [0, 0.05) is 37.5 Å². The van der Waals surface area contributed by atoms with Crippen molar-refractivity contribution in [3.05, 3.63) is 47.8 Å². The molecule has 7 nitrogen and oxygen atoms in total. The van der Waals surface area contributed by atoms with Crippen molar-refractivity contribution in [2.45, 2.75) is 6.54 Å². The van der Waals surface area contributed by atoms with Crippen molar-refractivity contribution in [1.29, 1.82) is 0 Å². The van der Waals surface area contributed by atoms with E-state index in [1.807, 2.05) is 19.4 Å². The van der Waals surface area contributed by atoms with Gasteiger partial charge in [-0.3, -0.25) is 4.68 Å². The summed E-state index contributed by atoms with van der Waals surface area (Å²) < 4.78 is 7.37. The molecule has 0 unspecified atom stereocenters. The van der Waals surface area contributed by atoms with Gasteiger partial charge in [-0.25, -0.2) is 0 Å². The van der Waals surface area contributed by atoms with Gasteiger partial charge in [-0.15, -0.1) is 0 Å². The van der Waals surface area contributed by atoms with Crippen molar-refractivity contribution < 1.29 is 9.94 Å². The lowest BCUT2D eigenvalue weighted by atomic mass is 10.2. The molecule has 7 heteroatoms. The largest absolute Gasteiger partial charge is 0.492 e. The van der Waals surface area contributed by atoms with Crippen LogP contribution in [0.5, 0.6) is 5.75 Å². The zero-order chi connectivity index (χ0) is 15.1. The number of aromatic nitrogens is 2. The molecule has 0 amide bonds. The third-order valence-electron chi connectivity index (χ3n) is 2.89. The molecule has 21 heavy (non-hydrogen) atoms. The van der Waals surface area contributed by atoms with Crippen LogP contribution in [-0.2, 0) is 13.6 Å². The number of benzene rings is 1.